The van der Waals surface area contributed by atoms with Crippen molar-refractivity contribution in [2.24, 2.45) is 17.3 Å². The smallest absolute Gasteiger partial charge is 0.251 e. The number of likely N-dealkylation sites (tertiary alicyclic amines) is 1. The number of piperidine rings is 1. The maximum atomic E-state index is 15.6. The summed E-state index contributed by atoms with van der Waals surface area (Å²) in [6.07, 6.45) is 10.1. The first-order chi connectivity index (χ1) is 22.7. The average molecular weight is 641 g/mol. The van der Waals surface area contributed by atoms with Crippen LogP contribution in [0.25, 0.3) is 22.2 Å². The van der Waals surface area contributed by atoms with E-state index in [0.29, 0.717) is 36.0 Å². The molecule has 2 N–H and O–H groups in total. The molecule has 1 aliphatic heterocycles. The van der Waals surface area contributed by atoms with E-state index in [4.69, 9.17) is 0 Å². The number of hydrogen-bond acceptors (Lipinski definition) is 7. The molecule has 4 heterocycles. The number of aryl methyl sites for hydroxylation is 1. The lowest BCUT2D eigenvalue weighted by Crippen LogP contribution is -2.38. The van der Waals surface area contributed by atoms with Crippen LogP contribution in [0.2, 0.25) is 0 Å². The number of benzene rings is 1. The summed E-state index contributed by atoms with van der Waals surface area (Å²) in [6.45, 7) is 6.76. The Morgan fingerprint density at radius 1 is 1.11 bits per heavy atom. The molecule has 1 saturated heterocycles. The van der Waals surface area contributed by atoms with E-state index in [1.165, 1.54) is 6.07 Å². The highest BCUT2D eigenvalue weighted by molar-refractivity contribution is 5.98. The van der Waals surface area contributed by atoms with E-state index in [-0.39, 0.29) is 42.0 Å². The second kappa shape index (κ2) is 12.6. The summed E-state index contributed by atoms with van der Waals surface area (Å²) in [4.78, 5) is 25.4. The van der Waals surface area contributed by atoms with Crippen LogP contribution in [0.3, 0.4) is 0 Å². The lowest BCUT2D eigenvalue weighted by atomic mass is 9.77. The fourth-order valence-corrected chi connectivity index (χ4v) is 7.67. The number of rotatable bonds is 9. The normalized spacial score (nSPS) is 22.7. The second-order valence-electron chi connectivity index (χ2n) is 14.2. The third kappa shape index (κ3) is 6.37. The predicted octanol–water partition coefficient (Wildman–Crippen LogP) is 6.03. The van der Waals surface area contributed by atoms with Gasteiger partial charge in [-0.1, -0.05) is 19.9 Å². The summed E-state index contributed by atoms with van der Waals surface area (Å²) in [5.74, 6) is -0.651. The van der Waals surface area contributed by atoms with Crippen LogP contribution in [0.1, 0.15) is 79.2 Å². The van der Waals surface area contributed by atoms with Crippen LogP contribution < -0.4 is 5.32 Å². The van der Waals surface area contributed by atoms with Crippen LogP contribution in [-0.4, -0.2) is 68.0 Å². The van der Waals surface area contributed by atoms with Crippen LogP contribution >= 0.6 is 0 Å². The van der Waals surface area contributed by atoms with Crippen molar-refractivity contribution in [3.63, 3.8) is 0 Å². The number of aliphatic hydroxyl groups excluding tert-OH is 1. The highest BCUT2D eigenvalue weighted by Crippen LogP contribution is 2.59. The Balaban J connectivity index is 1.12. The molecule has 2 fully saturated rings. The third-order valence-corrected chi connectivity index (χ3v) is 11.1. The predicted molar refractivity (Wildman–Crippen MR) is 176 cm³/mol. The molecule has 1 aromatic carbocycles. The minimum Gasteiger partial charge on any atom is -0.396 e. The first-order valence-corrected chi connectivity index (χ1v) is 16.8. The van der Waals surface area contributed by atoms with Gasteiger partial charge in [0, 0.05) is 48.0 Å². The largest absolute Gasteiger partial charge is 0.396 e. The fraction of sp³-hybridized carbons (Fsp3) is 0.486. The molecule has 3 aromatic heterocycles. The zero-order valence-corrected chi connectivity index (χ0v) is 27.1. The number of hydrogen-bond donors (Lipinski definition) is 2. The lowest BCUT2D eigenvalue weighted by molar-refractivity contribution is 0.0821. The van der Waals surface area contributed by atoms with Gasteiger partial charge in [0.2, 0.25) is 0 Å². The molecule has 10 heteroatoms. The molecule has 3 aliphatic rings. The number of carbonyl (C=O) groups excluding carboxylic acids is 1. The van der Waals surface area contributed by atoms with Crippen molar-refractivity contribution in [1.29, 1.82) is 0 Å². The van der Waals surface area contributed by atoms with Crippen molar-refractivity contribution >= 4 is 16.8 Å². The van der Waals surface area contributed by atoms with Crippen LogP contribution in [0.15, 0.2) is 55.0 Å². The third-order valence-electron chi connectivity index (χ3n) is 11.1. The monoisotopic (exact) mass is 640 g/mol. The van der Waals surface area contributed by atoms with E-state index in [9.17, 15) is 9.90 Å². The van der Waals surface area contributed by atoms with Crippen LogP contribution in [0.5, 0.6) is 0 Å². The molecular formula is C37H42F2N6O2. The van der Waals surface area contributed by atoms with Gasteiger partial charge in [-0.25, -0.2) is 13.8 Å². The van der Waals surface area contributed by atoms with Crippen LogP contribution in [0.4, 0.5) is 8.78 Å². The molecule has 3 unspecified atom stereocenters. The highest BCUT2D eigenvalue weighted by Gasteiger charge is 2.54. The maximum Gasteiger partial charge on any atom is 0.251 e. The molecule has 7 rings (SSSR count). The minimum atomic E-state index is -1.32. The first kappa shape index (κ1) is 31.7. The Morgan fingerprint density at radius 3 is 2.62 bits per heavy atom. The van der Waals surface area contributed by atoms with Gasteiger partial charge in [-0.15, -0.1) is 0 Å². The number of aliphatic hydroxyl groups is 1. The van der Waals surface area contributed by atoms with E-state index in [1.54, 1.807) is 24.7 Å². The molecule has 2 aliphatic carbocycles. The van der Waals surface area contributed by atoms with Crippen molar-refractivity contribution in [3.8, 4) is 11.3 Å². The van der Waals surface area contributed by atoms with Gasteiger partial charge >= 0.3 is 0 Å². The van der Waals surface area contributed by atoms with Crippen LogP contribution in [0, 0.1) is 23.1 Å². The standard InChI is InChI=1S/C37H42F2N6O2/c1-23(2)37(39)8-5-32-28(18-37)16-26-15-27(17-30(38)34(26)43-32)35(47)44-33(7-12-45-13-9-36(10-14-45)19-29(36)22-46)24-3-4-31(40-20-24)25-6-11-41-42-21-25/h3-4,6,11,15-17,20-21,23,29,33,46H,5,7-10,12-14,18-19,22H2,1-2H3,(H,44,47). The van der Waals surface area contributed by atoms with E-state index in [2.05, 4.69) is 30.4 Å². The number of halogens is 2. The summed E-state index contributed by atoms with van der Waals surface area (Å²) >= 11 is 0. The van der Waals surface area contributed by atoms with E-state index in [1.807, 2.05) is 38.1 Å². The summed E-state index contributed by atoms with van der Waals surface area (Å²) < 4.78 is 31.1. The van der Waals surface area contributed by atoms with Crippen molar-refractivity contribution in [3.05, 3.63) is 83.2 Å². The maximum absolute atomic E-state index is 15.6. The average Bonchev–Trinajstić information content (AvgIpc) is 3.78. The van der Waals surface area contributed by atoms with E-state index >= 15 is 8.78 Å². The summed E-state index contributed by atoms with van der Waals surface area (Å²) in [6, 6.07) is 10.1. The van der Waals surface area contributed by atoms with Gasteiger partial charge in [-0.2, -0.15) is 10.2 Å². The van der Waals surface area contributed by atoms with Crippen LogP contribution in [-0.2, 0) is 12.8 Å². The SMILES string of the molecule is CC(C)C1(F)CCc2nc3c(F)cc(C(=O)NC(CCN4CCC5(CC4)CC5CO)c4ccc(-c5ccnnc5)nc4)cc3cc2C1. The van der Waals surface area contributed by atoms with Crippen molar-refractivity contribution in [1.82, 2.24) is 30.4 Å². The van der Waals surface area contributed by atoms with Crippen molar-refractivity contribution < 1.29 is 18.7 Å². The van der Waals surface area contributed by atoms with Gasteiger partial charge in [0.05, 0.1) is 24.1 Å². The number of fused-ring (bicyclic) bond motifs is 2. The Hall–Kier alpha value is -3.89. The van der Waals surface area contributed by atoms with Crippen molar-refractivity contribution in [2.75, 3.05) is 26.2 Å². The zero-order valence-electron chi connectivity index (χ0n) is 27.1. The number of carbonyl (C=O) groups is 1. The van der Waals surface area contributed by atoms with E-state index in [0.717, 1.165) is 67.0 Å². The molecular weight excluding hydrogens is 598 g/mol. The Kier molecular flexibility index (Phi) is 8.51. The number of nitrogens with zero attached hydrogens (tertiary/aromatic N) is 5. The Bertz CT molecular complexity index is 1760. The molecule has 4 aromatic rings. The van der Waals surface area contributed by atoms with Gasteiger partial charge < -0.3 is 15.3 Å². The molecule has 8 nitrogen and oxygen atoms in total. The first-order valence-electron chi connectivity index (χ1n) is 16.8. The van der Waals surface area contributed by atoms with E-state index < -0.39 is 11.5 Å². The number of pyridine rings is 2. The fourth-order valence-electron chi connectivity index (χ4n) is 7.67. The van der Waals surface area contributed by atoms with Gasteiger partial charge in [-0.3, -0.25) is 9.78 Å². The zero-order chi connectivity index (χ0) is 32.8. The summed E-state index contributed by atoms with van der Waals surface area (Å²) in [7, 11) is 0. The Morgan fingerprint density at radius 2 is 1.94 bits per heavy atom. The molecule has 246 valence electrons. The minimum absolute atomic E-state index is 0.140. The molecule has 47 heavy (non-hydrogen) atoms. The van der Waals surface area contributed by atoms with Gasteiger partial charge in [0.15, 0.2) is 0 Å². The van der Waals surface area contributed by atoms with Gasteiger partial charge in [-0.05, 0) is 110 Å². The Labute approximate surface area is 274 Å². The molecule has 0 radical (unpaired) electrons. The van der Waals surface area contributed by atoms with Gasteiger partial charge in [0.1, 0.15) is 17.0 Å². The molecule has 1 saturated carbocycles. The number of amides is 1. The molecule has 1 spiro atoms. The second-order valence-corrected chi connectivity index (χ2v) is 14.2. The van der Waals surface area contributed by atoms with Gasteiger partial charge in [0.25, 0.3) is 5.91 Å². The summed E-state index contributed by atoms with van der Waals surface area (Å²) in [5, 5.41) is 21.1. The number of alkyl halides is 1. The highest BCUT2D eigenvalue weighted by atomic mass is 19.1. The number of aromatic nitrogens is 4. The molecule has 0 bridgehead atoms. The lowest BCUT2D eigenvalue weighted by Gasteiger charge is -2.34. The molecule has 3 atom stereocenters. The number of nitrogens with one attached hydrogen (secondary N) is 1. The van der Waals surface area contributed by atoms with Crippen molar-refractivity contribution in [2.45, 2.75) is 70.5 Å². The summed E-state index contributed by atoms with van der Waals surface area (Å²) in [5.41, 5.74) is 3.36. The molecule has 1 amide bonds. The topological polar surface area (TPSA) is 104 Å². The quantitative estimate of drug-likeness (QED) is 0.230.